The second-order valence-electron chi connectivity index (χ2n) is 18.9. The van der Waals surface area contributed by atoms with Crippen molar-refractivity contribution in [1.82, 2.24) is 4.98 Å². The van der Waals surface area contributed by atoms with E-state index in [1.165, 1.54) is 99.5 Å². The zero-order valence-corrected chi connectivity index (χ0v) is 35.2. The Hall–Kier alpha value is -7.30. The fourth-order valence-corrected chi connectivity index (χ4v) is 12.1. The van der Waals surface area contributed by atoms with Gasteiger partial charge < -0.3 is 14.3 Å². The molecule has 3 aliphatic rings. The number of benzene rings is 9. The van der Waals surface area contributed by atoms with Crippen molar-refractivity contribution in [3.63, 3.8) is 0 Å². The number of aromatic nitrogens is 1. The quantitative estimate of drug-likeness (QED) is 0.177. The standard InChI is InChI=1S/C58H41BN2O/c1-57(2)43-21-10-7-16-35(43)40-28-33(25-26-45(40)57)61-49-29-41-36-17-8-11-22-44(36)58(3,4)46(41)31-47(49)59-54-42(30-51-53(56(54)61)38-18-9-12-23-50(38)62-51)37-19-13-20-39-52-34-15-6-5-14-32(34)24-27-48(52)60-55(37)39/h5-31,59-60H,1-4H3. The van der Waals surface area contributed by atoms with E-state index >= 15 is 0 Å². The molecule has 2 aromatic heterocycles. The van der Waals surface area contributed by atoms with Crippen LogP contribution in [0.5, 0.6) is 0 Å². The number of nitrogens with zero attached hydrogens (tertiary/aromatic N) is 1. The van der Waals surface area contributed by atoms with Gasteiger partial charge in [-0.3, -0.25) is 0 Å². The summed E-state index contributed by atoms with van der Waals surface area (Å²) in [5, 5.41) is 7.30. The van der Waals surface area contributed by atoms with Crippen molar-refractivity contribution in [3.05, 3.63) is 186 Å². The molecule has 0 saturated carbocycles. The van der Waals surface area contributed by atoms with E-state index in [0.717, 1.165) is 45.9 Å². The Bertz CT molecular complexity index is 3810. The van der Waals surface area contributed by atoms with Gasteiger partial charge in [-0.2, -0.15) is 0 Å². The van der Waals surface area contributed by atoms with Gasteiger partial charge in [-0.1, -0.05) is 161 Å². The number of fused-ring (bicyclic) bond motifs is 17. The maximum atomic E-state index is 6.94. The summed E-state index contributed by atoms with van der Waals surface area (Å²) < 4.78 is 6.94. The summed E-state index contributed by atoms with van der Waals surface area (Å²) in [6.07, 6.45) is 0. The van der Waals surface area contributed by atoms with Gasteiger partial charge in [-0.25, -0.2) is 0 Å². The van der Waals surface area contributed by atoms with Crippen LogP contribution in [0.3, 0.4) is 0 Å². The summed E-state index contributed by atoms with van der Waals surface area (Å²) in [7, 11) is 0.784. The number of rotatable bonds is 2. The second kappa shape index (κ2) is 11.7. The van der Waals surface area contributed by atoms with E-state index in [4.69, 9.17) is 4.42 Å². The van der Waals surface area contributed by atoms with Crippen LogP contribution < -0.4 is 15.8 Å². The molecule has 0 fully saturated rings. The van der Waals surface area contributed by atoms with Crippen LogP contribution in [0, 0.1) is 0 Å². The third-order valence-electron chi connectivity index (χ3n) is 15.0. The smallest absolute Gasteiger partial charge is 0.198 e. The molecule has 3 heterocycles. The number of anilines is 3. The van der Waals surface area contributed by atoms with Crippen LogP contribution in [0.1, 0.15) is 49.9 Å². The monoisotopic (exact) mass is 792 g/mol. The highest BCUT2D eigenvalue weighted by atomic mass is 16.3. The van der Waals surface area contributed by atoms with Gasteiger partial charge in [0.2, 0.25) is 0 Å². The topological polar surface area (TPSA) is 32.2 Å². The zero-order valence-electron chi connectivity index (χ0n) is 35.2. The van der Waals surface area contributed by atoms with E-state index in [-0.39, 0.29) is 10.8 Å². The van der Waals surface area contributed by atoms with Crippen molar-refractivity contribution in [2.75, 3.05) is 4.90 Å². The Balaban J connectivity index is 1.12. The minimum atomic E-state index is -0.124. The van der Waals surface area contributed by atoms with Crippen LogP contribution in [0.2, 0.25) is 0 Å². The van der Waals surface area contributed by atoms with Crippen molar-refractivity contribution < 1.29 is 4.42 Å². The molecule has 9 aromatic carbocycles. The lowest BCUT2D eigenvalue weighted by Crippen LogP contribution is -2.41. The fourth-order valence-electron chi connectivity index (χ4n) is 12.1. The summed E-state index contributed by atoms with van der Waals surface area (Å²) in [6.45, 7) is 9.52. The summed E-state index contributed by atoms with van der Waals surface area (Å²) in [5.74, 6) is 0. The van der Waals surface area contributed by atoms with Gasteiger partial charge in [0.25, 0.3) is 0 Å². The number of hydrogen-bond acceptors (Lipinski definition) is 2. The van der Waals surface area contributed by atoms with E-state index in [1.807, 2.05) is 0 Å². The normalized spacial score (nSPS) is 15.1. The van der Waals surface area contributed by atoms with Gasteiger partial charge in [0.05, 0.1) is 16.6 Å². The molecular weight excluding hydrogens is 751 g/mol. The number of para-hydroxylation sites is 2. The molecule has 0 bridgehead atoms. The average molecular weight is 793 g/mol. The third-order valence-corrected chi connectivity index (χ3v) is 15.0. The number of H-pyrrole nitrogens is 1. The van der Waals surface area contributed by atoms with Crippen LogP contribution in [0.4, 0.5) is 17.1 Å². The molecule has 0 spiro atoms. The predicted octanol–water partition coefficient (Wildman–Crippen LogP) is 13.8. The molecule has 0 saturated heterocycles. The highest BCUT2D eigenvalue weighted by molar-refractivity contribution is 6.74. The molecule has 0 amide bonds. The fraction of sp³-hybridized carbons (Fsp3) is 0.103. The van der Waals surface area contributed by atoms with Crippen molar-refractivity contribution in [1.29, 1.82) is 0 Å². The first kappa shape index (κ1) is 34.4. The number of aromatic amines is 1. The molecule has 11 aromatic rings. The predicted molar refractivity (Wildman–Crippen MR) is 262 cm³/mol. The molecule has 292 valence electrons. The van der Waals surface area contributed by atoms with E-state index < -0.39 is 0 Å². The lowest BCUT2D eigenvalue weighted by molar-refractivity contribution is 0.660. The summed E-state index contributed by atoms with van der Waals surface area (Å²) >= 11 is 0. The van der Waals surface area contributed by atoms with Crippen molar-refractivity contribution in [2.45, 2.75) is 38.5 Å². The van der Waals surface area contributed by atoms with E-state index in [1.54, 1.807) is 0 Å². The zero-order chi connectivity index (χ0) is 41.2. The molecule has 14 rings (SSSR count). The van der Waals surface area contributed by atoms with Gasteiger partial charge >= 0.3 is 0 Å². The molecule has 0 unspecified atom stereocenters. The van der Waals surface area contributed by atoms with Crippen LogP contribution in [-0.4, -0.2) is 12.3 Å². The van der Waals surface area contributed by atoms with E-state index in [9.17, 15) is 0 Å². The van der Waals surface area contributed by atoms with Crippen LogP contribution in [0.25, 0.3) is 87.9 Å². The summed E-state index contributed by atoms with van der Waals surface area (Å²) in [6, 6.07) is 61.3. The molecule has 1 aliphatic heterocycles. The van der Waals surface area contributed by atoms with Gasteiger partial charge in [-0.15, -0.1) is 0 Å². The summed E-state index contributed by atoms with van der Waals surface area (Å²) in [5.41, 5.74) is 23.3. The largest absolute Gasteiger partial charge is 0.456 e. The summed E-state index contributed by atoms with van der Waals surface area (Å²) in [4.78, 5) is 6.54. The van der Waals surface area contributed by atoms with Gasteiger partial charge in [-0.05, 0) is 103 Å². The molecule has 62 heavy (non-hydrogen) atoms. The van der Waals surface area contributed by atoms with E-state index in [0.29, 0.717) is 0 Å². The number of nitrogens with one attached hydrogen (secondary N) is 1. The first-order valence-electron chi connectivity index (χ1n) is 22.0. The molecule has 0 radical (unpaired) electrons. The Morgan fingerprint density at radius 1 is 0.484 bits per heavy atom. The Morgan fingerprint density at radius 2 is 1.15 bits per heavy atom. The van der Waals surface area contributed by atoms with Crippen molar-refractivity contribution in [3.8, 4) is 33.4 Å². The molecule has 1 N–H and O–H groups in total. The second-order valence-corrected chi connectivity index (χ2v) is 18.9. The van der Waals surface area contributed by atoms with E-state index in [2.05, 4.69) is 201 Å². The molecular formula is C58H41BN2O. The lowest BCUT2D eigenvalue weighted by Gasteiger charge is -2.36. The maximum Gasteiger partial charge on any atom is 0.198 e. The van der Waals surface area contributed by atoms with Crippen LogP contribution in [0.15, 0.2) is 168 Å². The molecule has 4 heteroatoms. The first-order valence-corrected chi connectivity index (χ1v) is 22.0. The minimum Gasteiger partial charge on any atom is -0.456 e. The minimum absolute atomic E-state index is 0.0942. The van der Waals surface area contributed by atoms with Gasteiger partial charge in [0.1, 0.15) is 11.2 Å². The maximum absolute atomic E-state index is 6.94. The average Bonchev–Trinajstić information content (AvgIpc) is 4.00. The highest BCUT2D eigenvalue weighted by Gasteiger charge is 2.41. The van der Waals surface area contributed by atoms with Gasteiger partial charge in [0, 0.05) is 49.4 Å². The number of hydrogen-bond donors (Lipinski definition) is 1. The third kappa shape index (κ3) is 4.31. The first-order chi connectivity index (χ1) is 30.3. The van der Waals surface area contributed by atoms with Gasteiger partial charge in [0.15, 0.2) is 7.28 Å². The Labute approximate surface area is 360 Å². The van der Waals surface area contributed by atoms with Crippen molar-refractivity contribution >= 4 is 89.8 Å². The molecule has 3 nitrogen and oxygen atoms in total. The molecule has 2 aliphatic carbocycles. The SMILES string of the molecule is CC1(C)c2ccccc2-c2cc(N3c4cc5c(cc4Bc4c(-c6cccc7c6[nH]c6ccc8ccccc8c67)cc6oc7ccccc7c6c43)C(C)(C)c3ccccc3-5)ccc21. The van der Waals surface area contributed by atoms with Crippen LogP contribution >= 0.6 is 0 Å². The molecule has 0 atom stereocenters. The number of furan rings is 1. The Morgan fingerprint density at radius 3 is 1.97 bits per heavy atom. The van der Waals surface area contributed by atoms with Crippen molar-refractivity contribution in [2.24, 2.45) is 0 Å². The van der Waals surface area contributed by atoms with Crippen LogP contribution in [-0.2, 0) is 10.8 Å². The Kier molecular flexibility index (Phi) is 6.52. The highest BCUT2D eigenvalue weighted by Crippen LogP contribution is 2.54. The lowest BCUT2D eigenvalue weighted by atomic mass is 9.57.